The molecule has 0 radical (unpaired) electrons. The van der Waals surface area contributed by atoms with Crippen LogP contribution >= 0.6 is 11.6 Å². The molecule has 1 aromatic carbocycles. The summed E-state index contributed by atoms with van der Waals surface area (Å²) >= 11 is 5.78. The predicted octanol–water partition coefficient (Wildman–Crippen LogP) is 4.20. The number of benzene rings is 1. The number of pyridine rings is 1. The van der Waals surface area contributed by atoms with Crippen LogP contribution in [-0.4, -0.2) is 23.9 Å². The van der Waals surface area contributed by atoms with E-state index in [9.17, 15) is 17.6 Å². The molecule has 0 aliphatic rings. The van der Waals surface area contributed by atoms with Gasteiger partial charge in [-0.1, -0.05) is 11.6 Å². The summed E-state index contributed by atoms with van der Waals surface area (Å²) in [5, 5.41) is 3.31. The second-order valence-electron chi connectivity index (χ2n) is 3.94. The Morgan fingerprint density at radius 3 is 2.68 bits per heavy atom. The summed E-state index contributed by atoms with van der Waals surface area (Å²) < 4.78 is 49.8. The molecule has 0 saturated heterocycles. The number of aromatic nitrogens is 1. The average Bonchev–Trinajstić information content (AvgIpc) is 2.35. The molecule has 102 valence electrons. The van der Waals surface area contributed by atoms with E-state index in [1.54, 1.807) is 18.2 Å². The van der Waals surface area contributed by atoms with Gasteiger partial charge in [0.1, 0.15) is 0 Å². The molecular formula is C12H9ClF4N2. The van der Waals surface area contributed by atoms with Crippen LogP contribution < -0.4 is 5.32 Å². The molecule has 2 rings (SSSR count). The Kier molecular flexibility index (Phi) is 3.80. The number of alkyl halides is 4. The summed E-state index contributed by atoms with van der Waals surface area (Å²) in [6, 6.07) is 6.17. The average molecular weight is 293 g/mol. The maximum Gasteiger partial charge on any atom is 0.324 e. The number of fused-ring (bicyclic) bond motifs is 1. The highest BCUT2D eigenvalue weighted by molar-refractivity contribution is 6.31. The van der Waals surface area contributed by atoms with Gasteiger partial charge in [0.15, 0.2) is 0 Å². The van der Waals surface area contributed by atoms with E-state index in [0.717, 1.165) is 0 Å². The molecule has 0 aliphatic heterocycles. The Bertz CT molecular complexity index is 589. The maximum absolute atomic E-state index is 12.8. The van der Waals surface area contributed by atoms with Crippen molar-refractivity contribution in [1.82, 2.24) is 4.98 Å². The van der Waals surface area contributed by atoms with Crippen molar-refractivity contribution >= 4 is 28.2 Å². The van der Waals surface area contributed by atoms with Crippen molar-refractivity contribution in [2.24, 2.45) is 0 Å². The Balaban J connectivity index is 2.26. The second-order valence-corrected chi connectivity index (χ2v) is 4.37. The fourth-order valence-electron chi connectivity index (χ4n) is 1.57. The highest BCUT2D eigenvalue weighted by Gasteiger charge is 2.40. The molecular weight excluding hydrogens is 284 g/mol. The number of nitrogens with zero attached hydrogens (tertiary/aromatic N) is 1. The Morgan fingerprint density at radius 1 is 1.26 bits per heavy atom. The Hall–Kier alpha value is -1.56. The van der Waals surface area contributed by atoms with Crippen molar-refractivity contribution in [3.05, 3.63) is 35.5 Å². The fourth-order valence-corrected chi connectivity index (χ4v) is 1.73. The summed E-state index contributed by atoms with van der Waals surface area (Å²) in [5.41, 5.74) is 0.805. The number of halogens is 5. The van der Waals surface area contributed by atoms with Crippen LogP contribution in [0.5, 0.6) is 0 Å². The van der Waals surface area contributed by atoms with Crippen LogP contribution in [0.25, 0.3) is 10.9 Å². The van der Waals surface area contributed by atoms with Crippen molar-refractivity contribution in [2.45, 2.75) is 12.3 Å². The van der Waals surface area contributed by atoms with Gasteiger partial charge >= 0.3 is 12.3 Å². The highest BCUT2D eigenvalue weighted by atomic mass is 35.5. The van der Waals surface area contributed by atoms with E-state index in [1.165, 1.54) is 12.3 Å². The second kappa shape index (κ2) is 5.21. The Labute approximate surface area is 111 Å². The predicted molar refractivity (Wildman–Crippen MR) is 66.2 cm³/mol. The molecule has 0 fully saturated rings. The number of hydrogen-bond acceptors (Lipinski definition) is 2. The molecule has 7 heteroatoms. The number of anilines is 1. The lowest BCUT2D eigenvalue weighted by Gasteiger charge is -2.17. The van der Waals surface area contributed by atoms with Crippen LogP contribution in [0.1, 0.15) is 0 Å². The first-order valence-corrected chi connectivity index (χ1v) is 5.72. The van der Waals surface area contributed by atoms with Crippen molar-refractivity contribution in [2.75, 3.05) is 11.9 Å². The molecule has 0 aliphatic carbocycles. The molecule has 1 N–H and O–H groups in total. The van der Waals surface area contributed by atoms with E-state index < -0.39 is 18.9 Å². The summed E-state index contributed by atoms with van der Waals surface area (Å²) in [4.78, 5) is 4.02. The van der Waals surface area contributed by atoms with E-state index in [-0.39, 0.29) is 0 Å². The zero-order chi connectivity index (χ0) is 14.0. The molecule has 0 spiro atoms. The lowest BCUT2D eigenvalue weighted by Crippen LogP contribution is -2.34. The number of rotatable bonds is 4. The highest BCUT2D eigenvalue weighted by Crippen LogP contribution is 2.27. The molecule has 1 heterocycles. The molecule has 19 heavy (non-hydrogen) atoms. The molecule has 0 amide bonds. The molecule has 2 nitrogen and oxygen atoms in total. The molecule has 0 atom stereocenters. The quantitative estimate of drug-likeness (QED) is 0.854. The summed E-state index contributed by atoms with van der Waals surface area (Å²) in [6.07, 6.45) is -2.32. The first-order chi connectivity index (χ1) is 8.90. The van der Waals surface area contributed by atoms with Gasteiger partial charge in [-0.05, 0) is 24.3 Å². The summed E-state index contributed by atoms with van der Waals surface area (Å²) in [6.45, 7) is -1.15. The van der Waals surface area contributed by atoms with Gasteiger partial charge < -0.3 is 5.32 Å². The topological polar surface area (TPSA) is 24.9 Å². The van der Waals surface area contributed by atoms with Crippen LogP contribution in [0, 0.1) is 0 Å². The lowest BCUT2D eigenvalue weighted by atomic mass is 10.2. The zero-order valence-electron chi connectivity index (χ0n) is 9.51. The van der Waals surface area contributed by atoms with Crippen molar-refractivity contribution < 1.29 is 17.6 Å². The van der Waals surface area contributed by atoms with Gasteiger partial charge in [0, 0.05) is 22.3 Å². The minimum absolute atomic E-state index is 0.307. The van der Waals surface area contributed by atoms with Gasteiger partial charge in [0.05, 0.1) is 12.1 Å². The van der Waals surface area contributed by atoms with Crippen LogP contribution in [0.4, 0.5) is 23.2 Å². The molecule has 0 bridgehead atoms. The SMILES string of the molecule is FC(F)C(F)(F)CNc1ccnc2cc(Cl)ccc12. The lowest BCUT2D eigenvalue weighted by molar-refractivity contribution is -0.117. The van der Waals surface area contributed by atoms with E-state index in [0.29, 0.717) is 21.6 Å². The van der Waals surface area contributed by atoms with Crippen LogP contribution in [0.15, 0.2) is 30.5 Å². The van der Waals surface area contributed by atoms with E-state index in [4.69, 9.17) is 11.6 Å². The van der Waals surface area contributed by atoms with Gasteiger partial charge in [-0.2, -0.15) is 8.78 Å². The molecule has 2 aromatic rings. The van der Waals surface area contributed by atoms with Crippen LogP contribution in [0.2, 0.25) is 5.02 Å². The Morgan fingerprint density at radius 2 is 2.00 bits per heavy atom. The smallest absolute Gasteiger partial charge is 0.324 e. The zero-order valence-corrected chi connectivity index (χ0v) is 10.3. The fraction of sp³-hybridized carbons (Fsp3) is 0.250. The van der Waals surface area contributed by atoms with Crippen LogP contribution in [-0.2, 0) is 0 Å². The number of hydrogen-bond donors (Lipinski definition) is 1. The monoisotopic (exact) mass is 292 g/mol. The van der Waals surface area contributed by atoms with Crippen molar-refractivity contribution in [3.8, 4) is 0 Å². The standard InChI is InChI=1S/C12H9ClF4N2/c13-7-1-2-8-9(3-4-18-10(8)5-7)19-6-12(16,17)11(14)15/h1-5,11H,6H2,(H,18,19). The van der Waals surface area contributed by atoms with Gasteiger partial charge in [-0.25, -0.2) is 8.78 Å². The van der Waals surface area contributed by atoms with E-state index >= 15 is 0 Å². The third-order valence-electron chi connectivity index (χ3n) is 2.54. The third-order valence-corrected chi connectivity index (χ3v) is 2.77. The van der Waals surface area contributed by atoms with Crippen LogP contribution in [0.3, 0.4) is 0 Å². The van der Waals surface area contributed by atoms with Gasteiger partial charge in [-0.15, -0.1) is 0 Å². The minimum atomic E-state index is -4.08. The first kappa shape index (κ1) is 13.9. The van der Waals surface area contributed by atoms with Crippen molar-refractivity contribution in [1.29, 1.82) is 0 Å². The minimum Gasteiger partial charge on any atom is -0.378 e. The van der Waals surface area contributed by atoms with E-state index in [2.05, 4.69) is 10.3 Å². The molecule has 1 aromatic heterocycles. The van der Waals surface area contributed by atoms with Gasteiger partial charge in [0.25, 0.3) is 0 Å². The summed E-state index contributed by atoms with van der Waals surface area (Å²) in [5.74, 6) is -4.08. The molecule has 0 saturated carbocycles. The first-order valence-electron chi connectivity index (χ1n) is 5.34. The van der Waals surface area contributed by atoms with Crippen molar-refractivity contribution in [3.63, 3.8) is 0 Å². The molecule has 0 unspecified atom stereocenters. The third kappa shape index (κ3) is 3.07. The summed E-state index contributed by atoms with van der Waals surface area (Å²) in [7, 11) is 0. The van der Waals surface area contributed by atoms with Gasteiger partial charge in [-0.3, -0.25) is 4.98 Å². The number of nitrogens with one attached hydrogen (secondary N) is 1. The maximum atomic E-state index is 12.8. The largest absolute Gasteiger partial charge is 0.378 e. The van der Waals surface area contributed by atoms with Gasteiger partial charge in [0.2, 0.25) is 0 Å². The van der Waals surface area contributed by atoms with E-state index in [1.807, 2.05) is 0 Å². The normalized spacial score (nSPS) is 12.1.